The van der Waals surface area contributed by atoms with Gasteiger partial charge >= 0.3 is 0 Å². The minimum Gasteiger partial charge on any atom is -0.486 e. The highest BCUT2D eigenvalue weighted by Crippen LogP contribution is 2.17. The molecular formula is C18H24N2O2S. The lowest BCUT2D eigenvalue weighted by Gasteiger charge is -2.23. The molecule has 0 unspecified atom stereocenters. The molecule has 0 bridgehead atoms. The third kappa shape index (κ3) is 5.36. The Morgan fingerprint density at radius 1 is 1.30 bits per heavy atom. The molecule has 0 saturated carbocycles. The number of hydrogen-bond donors (Lipinski definition) is 0. The number of thiazole rings is 1. The summed E-state index contributed by atoms with van der Waals surface area (Å²) in [6, 6.07) is 9.71. The van der Waals surface area contributed by atoms with Crippen molar-refractivity contribution in [1.29, 1.82) is 0 Å². The number of para-hydroxylation sites is 1. The number of carbonyl (C=O) groups excluding carboxylic acids is 1. The van der Waals surface area contributed by atoms with Crippen molar-refractivity contribution >= 4 is 17.2 Å². The quantitative estimate of drug-likeness (QED) is 0.730. The van der Waals surface area contributed by atoms with E-state index in [9.17, 15) is 4.79 Å². The lowest BCUT2D eigenvalue weighted by molar-refractivity contribution is -0.135. The fourth-order valence-electron chi connectivity index (χ4n) is 2.25. The van der Waals surface area contributed by atoms with Gasteiger partial charge in [-0.25, -0.2) is 4.98 Å². The van der Waals surface area contributed by atoms with Crippen LogP contribution in [0.15, 0.2) is 35.7 Å². The van der Waals surface area contributed by atoms with Gasteiger partial charge in [-0.05, 0) is 18.6 Å². The smallest absolute Gasteiger partial charge is 0.225 e. The number of carbonyl (C=O) groups is 1. The third-order valence-corrected chi connectivity index (χ3v) is 4.23. The van der Waals surface area contributed by atoms with Crippen molar-refractivity contribution in [1.82, 2.24) is 9.88 Å². The van der Waals surface area contributed by atoms with Crippen LogP contribution in [-0.4, -0.2) is 22.3 Å². The average molecular weight is 332 g/mol. The van der Waals surface area contributed by atoms with Gasteiger partial charge in [-0.15, -0.1) is 11.3 Å². The van der Waals surface area contributed by atoms with E-state index < -0.39 is 0 Å². The molecule has 0 aliphatic heterocycles. The molecule has 0 atom stereocenters. The van der Waals surface area contributed by atoms with E-state index in [2.05, 4.69) is 11.9 Å². The van der Waals surface area contributed by atoms with Crippen LogP contribution in [0.2, 0.25) is 0 Å². The average Bonchev–Trinajstić information content (AvgIpc) is 3.00. The Labute approximate surface area is 142 Å². The maximum Gasteiger partial charge on any atom is 0.225 e. The monoisotopic (exact) mass is 332 g/mol. The van der Waals surface area contributed by atoms with Crippen molar-refractivity contribution in [3.63, 3.8) is 0 Å². The van der Waals surface area contributed by atoms with E-state index in [1.807, 2.05) is 54.5 Å². The van der Waals surface area contributed by atoms with Crippen LogP contribution in [0.3, 0.4) is 0 Å². The molecule has 4 nitrogen and oxygen atoms in total. The Kier molecular flexibility index (Phi) is 6.59. The molecule has 1 heterocycles. The lowest BCUT2D eigenvalue weighted by atomic mass is 10.2. The van der Waals surface area contributed by atoms with Crippen LogP contribution < -0.4 is 4.74 Å². The van der Waals surface area contributed by atoms with Gasteiger partial charge < -0.3 is 9.64 Å². The van der Waals surface area contributed by atoms with Gasteiger partial charge in [0.1, 0.15) is 17.4 Å². The molecular weight excluding hydrogens is 308 g/mol. The van der Waals surface area contributed by atoms with Crippen molar-refractivity contribution in [2.75, 3.05) is 6.54 Å². The van der Waals surface area contributed by atoms with Crippen LogP contribution >= 0.6 is 11.3 Å². The number of hydrogen-bond acceptors (Lipinski definition) is 4. The summed E-state index contributed by atoms with van der Waals surface area (Å²) >= 11 is 1.57. The molecule has 2 aromatic rings. The third-order valence-electron chi connectivity index (χ3n) is 3.36. The molecule has 0 fully saturated rings. The maximum atomic E-state index is 12.2. The fourth-order valence-corrected chi connectivity index (χ4v) is 2.94. The summed E-state index contributed by atoms with van der Waals surface area (Å²) in [4.78, 5) is 18.7. The second-order valence-corrected chi connectivity index (χ2v) is 6.69. The molecule has 0 aliphatic rings. The topological polar surface area (TPSA) is 42.4 Å². The van der Waals surface area contributed by atoms with Crippen LogP contribution in [0.4, 0.5) is 0 Å². The molecule has 1 aromatic carbocycles. The van der Waals surface area contributed by atoms with E-state index in [0.29, 0.717) is 13.2 Å². The minimum atomic E-state index is 0.0149. The van der Waals surface area contributed by atoms with Crippen LogP contribution in [0, 0.1) is 5.92 Å². The molecule has 1 aromatic heterocycles. The van der Waals surface area contributed by atoms with Crippen molar-refractivity contribution in [3.05, 3.63) is 46.4 Å². The minimum absolute atomic E-state index is 0.0149. The largest absolute Gasteiger partial charge is 0.486 e. The van der Waals surface area contributed by atoms with Crippen molar-refractivity contribution in [3.8, 4) is 5.75 Å². The second-order valence-electron chi connectivity index (χ2n) is 5.75. The van der Waals surface area contributed by atoms with Crippen molar-refractivity contribution in [2.45, 2.75) is 40.3 Å². The number of benzene rings is 1. The summed E-state index contributed by atoms with van der Waals surface area (Å²) in [5, 5.41) is 2.94. The van der Waals surface area contributed by atoms with Gasteiger partial charge in [-0.3, -0.25) is 4.79 Å². The zero-order chi connectivity index (χ0) is 16.7. The second kappa shape index (κ2) is 8.67. The Morgan fingerprint density at radius 3 is 2.70 bits per heavy atom. The normalized spacial score (nSPS) is 10.8. The SMILES string of the molecule is CCCN(Cc1csc(COc2ccccc2)n1)C(=O)C(C)C. The summed E-state index contributed by atoms with van der Waals surface area (Å²) in [7, 11) is 0. The Balaban J connectivity index is 1.93. The van der Waals surface area contributed by atoms with E-state index in [4.69, 9.17) is 4.74 Å². The maximum absolute atomic E-state index is 12.2. The van der Waals surface area contributed by atoms with Crippen LogP contribution in [0.25, 0.3) is 0 Å². The number of nitrogens with zero attached hydrogens (tertiary/aromatic N) is 2. The summed E-state index contributed by atoms with van der Waals surface area (Å²) in [6.45, 7) is 7.76. The lowest BCUT2D eigenvalue weighted by Crippen LogP contribution is -2.34. The highest BCUT2D eigenvalue weighted by Gasteiger charge is 2.17. The standard InChI is InChI=1S/C18H24N2O2S/c1-4-10-20(18(21)14(2)3)11-15-13-23-17(19-15)12-22-16-8-6-5-7-9-16/h5-9,13-14H,4,10-12H2,1-3H3. The number of rotatable bonds is 8. The van der Waals surface area contributed by atoms with E-state index in [1.54, 1.807) is 11.3 Å². The molecule has 0 saturated heterocycles. The molecule has 0 radical (unpaired) electrons. The zero-order valence-corrected chi connectivity index (χ0v) is 14.8. The molecule has 1 amide bonds. The summed E-state index contributed by atoms with van der Waals surface area (Å²) in [5.41, 5.74) is 0.934. The number of aromatic nitrogens is 1. The predicted molar refractivity (Wildman–Crippen MR) is 93.4 cm³/mol. The van der Waals surface area contributed by atoms with Crippen molar-refractivity contribution in [2.24, 2.45) is 5.92 Å². The number of ether oxygens (including phenoxy) is 1. The first-order valence-electron chi connectivity index (χ1n) is 8.00. The number of amides is 1. The van der Waals surface area contributed by atoms with Gasteiger partial charge in [0.2, 0.25) is 5.91 Å². The van der Waals surface area contributed by atoms with E-state index in [1.165, 1.54) is 0 Å². The highest BCUT2D eigenvalue weighted by molar-refractivity contribution is 7.09. The molecule has 0 spiro atoms. The van der Waals surface area contributed by atoms with Gasteiger partial charge in [-0.2, -0.15) is 0 Å². The zero-order valence-electron chi connectivity index (χ0n) is 14.0. The van der Waals surface area contributed by atoms with Crippen LogP contribution in [0.5, 0.6) is 5.75 Å². The Hall–Kier alpha value is -1.88. The van der Waals surface area contributed by atoms with Gasteiger partial charge in [0.15, 0.2) is 0 Å². The van der Waals surface area contributed by atoms with Gasteiger partial charge in [-0.1, -0.05) is 39.0 Å². The van der Waals surface area contributed by atoms with Crippen LogP contribution in [0.1, 0.15) is 37.9 Å². The van der Waals surface area contributed by atoms with E-state index in [0.717, 1.165) is 29.4 Å². The van der Waals surface area contributed by atoms with E-state index >= 15 is 0 Å². The van der Waals surface area contributed by atoms with Crippen LogP contribution in [-0.2, 0) is 17.9 Å². The summed E-state index contributed by atoms with van der Waals surface area (Å²) in [6.07, 6.45) is 0.951. The molecule has 0 N–H and O–H groups in total. The van der Waals surface area contributed by atoms with Crippen molar-refractivity contribution < 1.29 is 9.53 Å². The first-order chi connectivity index (χ1) is 11.1. The first kappa shape index (κ1) is 17.5. The molecule has 0 aliphatic carbocycles. The Morgan fingerprint density at radius 2 is 2.04 bits per heavy atom. The van der Waals surface area contributed by atoms with E-state index in [-0.39, 0.29) is 11.8 Å². The summed E-state index contributed by atoms with van der Waals surface area (Å²) in [5.74, 6) is 1.04. The predicted octanol–water partition coefficient (Wildman–Crippen LogP) is 4.12. The summed E-state index contributed by atoms with van der Waals surface area (Å²) < 4.78 is 5.71. The molecule has 5 heteroatoms. The van der Waals surface area contributed by atoms with Gasteiger partial charge in [0, 0.05) is 17.8 Å². The fraction of sp³-hybridized carbons (Fsp3) is 0.444. The Bertz CT molecular complexity index is 610. The highest BCUT2D eigenvalue weighted by atomic mass is 32.1. The van der Waals surface area contributed by atoms with Gasteiger partial charge in [0.05, 0.1) is 12.2 Å². The van der Waals surface area contributed by atoms with Gasteiger partial charge in [0.25, 0.3) is 0 Å². The molecule has 23 heavy (non-hydrogen) atoms. The molecule has 2 rings (SSSR count). The molecule has 124 valence electrons. The first-order valence-corrected chi connectivity index (χ1v) is 8.88.